The van der Waals surface area contributed by atoms with Gasteiger partial charge in [0.05, 0.1) is 0 Å². The quantitative estimate of drug-likeness (QED) is 0.451. The average Bonchev–Trinajstić information content (AvgIpc) is 2.60. The van der Waals surface area contributed by atoms with Crippen molar-refractivity contribution in [2.75, 3.05) is 20.6 Å². The Hall–Kier alpha value is -2.95. The highest BCUT2D eigenvalue weighted by molar-refractivity contribution is 7.89. The Balaban J connectivity index is 2.30. The standard InChI is InChI=1S/C18H23N5O4S/c1-23(2)10-9-12-3-6-14(7-4-12)27-15-8-5-13(17(24)22-18(19)20)11-16(15)28(21,25)26/h3-8,11H,9-10H2,1-2H3,(H2,21,25,26)(H4,19,20,22,24). The second kappa shape index (κ2) is 8.83. The summed E-state index contributed by atoms with van der Waals surface area (Å²) in [6, 6.07) is 11.0. The highest BCUT2D eigenvalue weighted by Crippen LogP contribution is 2.29. The van der Waals surface area contributed by atoms with E-state index < -0.39 is 21.9 Å². The molecule has 1 amide bonds. The van der Waals surface area contributed by atoms with Gasteiger partial charge in [0.1, 0.15) is 16.4 Å². The fourth-order valence-corrected chi connectivity index (χ4v) is 3.01. The summed E-state index contributed by atoms with van der Waals surface area (Å²) in [4.78, 5) is 17.0. The van der Waals surface area contributed by atoms with Crippen molar-refractivity contribution < 1.29 is 17.9 Å². The van der Waals surface area contributed by atoms with E-state index in [0.29, 0.717) is 5.75 Å². The van der Waals surface area contributed by atoms with E-state index in [4.69, 9.17) is 21.3 Å². The molecule has 0 aromatic heterocycles. The maximum atomic E-state index is 11.9. The molecule has 0 atom stereocenters. The highest BCUT2D eigenvalue weighted by Gasteiger charge is 2.19. The van der Waals surface area contributed by atoms with Gasteiger partial charge in [-0.1, -0.05) is 12.1 Å². The second-order valence-electron chi connectivity index (χ2n) is 6.35. The number of nitrogens with zero attached hydrogens (tertiary/aromatic N) is 2. The van der Waals surface area contributed by atoms with Crippen molar-refractivity contribution in [2.45, 2.75) is 11.3 Å². The largest absolute Gasteiger partial charge is 0.456 e. The minimum atomic E-state index is -4.16. The summed E-state index contributed by atoms with van der Waals surface area (Å²) in [5, 5.41) is 5.26. The van der Waals surface area contributed by atoms with Gasteiger partial charge in [-0.25, -0.2) is 13.6 Å². The lowest BCUT2D eigenvalue weighted by Gasteiger charge is -2.12. The lowest BCUT2D eigenvalue weighted by Crippen LogP contribution is -2.24. The summed E-state index contributed by atoms with van der Waals surface area (Å²) in [5.41, 5.74) is 11.4. The number of carbonyl (C=O) groups is 1. The number of likely N-dealkylation sites (N-methyl/N-ethyl adjacent to an activating group) is 1. The molecule has 6 N–H and O–H groups in total. The van der Waals surface area contributed by atoms with E-state index in [9.17, 15) is 13.2 Å². The first-order chi connectivity index (χ1) is 13.1. The number of nitrogens with two attached hydrogens (primary N) is 3. The number of primary sulfonamides is 1. The molecule has 150 valence electrons. The number of aliphatic imine (C=N–C) groups is 1. The molecule has 0 aliphatic heterocycles. The van der Waals surface area contributed by atoms with Crippen LogP contribution in [0.2, 0.25) is 0 Å². The SMILES string of the molecule is CN(C)CCc1ccc(Oc2ccc(C(=O)N=C(N)N)cc2S(N)(=O)=O)cc1. The van der Waals surface area contributed by atoms with Gasteiger partial charge in [-0.05, 0) is 56.4 Å². The molecule has 28 heavy (non-hydrogen) atoms. The number of guanidine groups is 1. The van der Waals surface area contributed by atoms with Crippen molar-refractivity contribution in [1.82, 2.24) is 4.90 Å². The lowest BCUT2D eigenvalue weighted by atomic mass is 10.1. The molecule has 9 nitrogen and oxygen atoms in total. The number of rotatable bonds is 7. The third-order valence-corrected chi connectivity index (χ3v) is 4.66. The Labute approximate surface area is 163 Å². The lowest BCUT2D eigenvalue weighted by molar-refractivity contribution is 0.100. The van der Waals surface area contributed by atoms with Gasteiger partial charge in [-0.3, -0.25) is 4.79 Å². The van der Waals surface area contributed by atoms with Gasteiger partial charge in [0.15, 0.2) is 5.96 Å². The first-order valence-electron chi connectivity index (χ1n) is 8.28. The molecule has 0 spiro atoms. The first-order valence-corrected chi connectivity index (χ1v) is 9.83. The van der Waals surface area contributed by atoms with Gasteiger partial charge >= 0.3 is 0 Å². The summed E-state index contributed by atoms with van der Waals surface area (Å²) in [6.45, 7) is 0.904. The van der Waals surface area contributed by atoms with Crippen LogP contribution in [0.1, 0.15) is 15.9 Å². The molecule has 0 bridgehead atoms. The molecule has 0 saturated carbocycles. The average molecular weight is 405 g/mol. The van der Waals surface area contributed by atoms with Crippen LogP contribution in [0, 0.1) is 0 Å². The summed E-state index contributed by atoms with van der Waals surface area (Å²) in [6.07, 6.45) is 0.872. The first kappa shape index (κ1) is 21.4. The van der Waals surface area contributed by atoms with E-state index in [1.807, 2.05) is 26.2 Å². The zero-order valence-electron chi connectivity index (χ0n) is 15.6. The molecule has 0 heterocycles. The number of sulfonamides is 1. The van der Waals surface area contributed by atoms with E-state index in [2.05, 4.69) is 9.89 Å². The Kier molecular flexibility index (Phi) is 6.73. The van der Waals surface area contributed by atoms with E-state index in [1.54, 1.807) is 12.1 Å². The van der Waals surface area contributed by atoms with Crippen LogP contribution in [0.4, 0.5) is 0 Å². The molecule has 0 fully saturated rings. The Bertz CT molecular complexity index is 982. The van der Waals surface area contributed by atoms with Crippen LogP contribution >= 0.6 is 0 Å². The van der Waals surface area contributed by atoms with Crippen molar-refractivity contribution in [3.63, 3.8) is 0 Å². The molecule has 2 aromatic carbocycles. The Morgan fingerprint density at radius 2 is 1.75 bits per heavy atom. The predicted molar refractivity (Wildman–Crippen MR) is 107 cm³/mol. The maximum absolute atomic E-state index is 11.9. The van der Waals surface area contributed by atoms with Gasteiger partial charge in [0.25, 0.3) is 5.91 Å². The van der Waals surface area contributed by atoms with Gasteiger partial charge in [-0.15, -0.1) is 0 Å². The van der Waals surface area contributed by atoms with Crippen molar-refractivity contribution >= 4 is 21.9 Å². The van der Waals surface area contributed by atoms with Crippen LogP contribution in [0.15, 0.2) is 52.4 Å². The molecule has 0 aliphatic carbocycles. The molecular weight excluding hydrogens is 382 g/mol. The highest BCUT2D eigenvalue weighted by atomic mass is 32.2. The van der Waals surface area contributed by atoms with Crippen LogP contribution in [0.25, 0.3) is 0 Å². The Morgan fingerprint density at radius 1 is 1.11 bits per heavy atom. The number of amides is 1. The Morgan fingerprint density at radius 3 is 2.29 bits per heavy atom. The molecular formula is C18H23N5O4S. The summed E-state index contributed by atoms with van der Waals surface area (Å²) >= 11 is 0. The number of carbonyl (C=O) groups excluding carboxylic acids is 1. The summed E-state index contributed by atoms with van der Waals surface area (Å²) in [5.74, 6) is -0.801. The number of hydrogen-bond donors (Lipinski definition) is 3. The van der Waals surface area contributed by atoms with Crippen molar-refractivity contribution in [3.8, 4) is 11.5 Å². The third kappa shape index (κ3) is 6.05. The molecule has 2 aromatic rings. The minimum Gasteiger partial charge on any atom is -0.456 e. The fraction of sp³-hybridized carbons (Fsp3) is 0.222. The van der Waals surface area contributed by atoms with Crippen molar-refractivity contribution in [2.24, 2.45) is 21.6 Å². The fourth-order valence-electron chi connectivity index (χ4n) is 2.33. The number of hydrogen-bond acceptors (Lipinski definition) is 5. The number of ether oxygens (including phenoxy) is 1. The second-order valence-corrected chi connectivity index (χ2v) is 7.88. The molecule has 0 aliphatic rings. The van der Waals surface area contributed by atoms with Crippen LogP contribution in [-0.4, -0.2) is 45.8 Å². The van der Waals surface area contributed by atoms with Gasteiger partial charge < -0.3 is 21.1 Å². The zero-order chi connectivity index (χ0) is 20.9. The van der Waals surface area contributed by atoms with Gasteiger partial charge in [-0.2, -0.15) is 4.99 Å². The van der Waals surface area contributed by atoms with E-state index >= 15 is 0 Å². The van der Waals surface area contributed by atoms with E-state index in [1.165, 1.54) is 12.1 Å². The molecule has 0 unspecified atom stereocenters. The molecule has 2 rings (SSSR count). The van der Waals surface area contributed by atoms with E-state index in [0.717, 1.165) is 24.6 Å². The predicted octanol–water partition coefficient (Wildman–Crippen LogP) is 0.644. The van der Waals surface area contributed by atoms with Crippen LogP contribution in [0.3, 0.4) is 0 Å². The van der Waals surface area contributed by atoms with Crippen molar-refractivity contribution in [1.29, 1.82) is 0 Å². The molecule has 10 heteroatoms. The van der Waals surface area contributed by atoms with Crippen LogP contribution in [-0.2, 0) is 16.4 Å². The van der Waals surface area contributed by atoms with Gasteiger partial charge in [0, 0.05) is 12.1 Å². The monoisotopic (exact) mass is 405 g/mol. The summed E-state index contributed by atoms with van der Waals surface area (Å²) in [7, 11) is -0.170. The topological polar surface area (TPSA) is 154 Å². The maximum Gasteiger partial charge on any atom is 0.280 e. The van der Waals surface area contributed by atoms with Crippen LogP contribution < -0.4 is 21.3 Å². The van der Waals surface area contributed by atoms with Gasteiger partial charge in [0.2, 0.25) is 10.0 Å². The summed E-state index contributed by atoms with van der Waals surface area (Å²) < 4.78 is 29.5. The normalized spacial score (nSPS) is 11.3. The van der Waals surface area contributed by atoms with Crippen molar-refractivity contribution in [3.05, 3.63) is 53.6 Å². The van der Waals surface area contributed by atoms with Crippen LogP contribution in [0.5, 0.6) is 11.5 Å². The number of benzene rings is 2. The van der Waals surface area contributed by atoms with E-state index in [-0.39, 0.29) is 16.2 Å². The minimum absolute atomic E-state index is 0.00945. The molecule has 0 radical (unpaired) electrons. The molecule has 0 saturated heterocycles. The third-order valence-electron chi connectivity index (χ3n) is 3.73. The zero-order valence-corrected chi connectivity index (χ0v) is 16.4. The smallest absolute Gasteiger partial charge is 0.280 e.